The molecule has 29 heavy (non-hydrogen) atoms. The summed E-state index contributed by atoms with van der Waals surface area (Å²) in [5, 5.41) is 11.5. The first-order chi connectivity index (χ1) is 13.9. The van der Waals surface area contributed by atoms with Crippen molar-refractivity contribution in [3.8, 4) is 0 Å². The fourth-order valence-electron chi connectivity index (χ4n) is 6.45. The molecule has 1 aliphatic heterocycles. The molecule has 0 saturated heterocycles. The summed E-state index contributed by atoms with van der Waals surface area (Å²) in [6.45, 7) is 0. The summed E-state index contributed by atoms with van der Waals surface area (Å²) in [7, 11) is 1.74. The summed E-state index contributed by atoms with van der Waals surface area (Å²) in [5.41, 5.74) is 0.944. The number of aromatic amines is 1. The maximum absolute atomic E-state index is 15.3. The molecular formula is C22H24FN5O. The van der Waals surface area contributed by atoms with Crippen molar-refractivity contribution in [1.29, 1.82) is 0 Å². The predicted molar refractivity (Wildman–Crippen MR) is 109 cm³/mol. The van der Waals surface area contributed by atoms with E-state index in [0.717, 1.165) is 35.7 Å². The summed E-state index contributed by atoms with van der Waals surface area (Å²) < 4.78 is 15.3. The second kappa shape index (κ2) is 5.68. The first kappa shape index (κ1) is 17.2. The number of rotatable bonds is 2. The van der Waals surface area contributed by atoms with Gasteiger partial charge in [0, 0.05) is 24.4 Å². The summed E-state index contributed by atoms with van der Waals surface area (Å²) in [6, 6.07) is 5.86. The number of likely N-dealkylation sites (N-methyl/N-ethyl adjacent to an activating group) is 1. The van der Waals surface area contributed by atoms with Gasteiger partial charge in [-0.15, -0.1) is 0 Å². The molecule has 4 aliphatic carbocycles. The van der Waals surface area contributed by atoms with Crippen molar-refractivity contribution in [3.05, 3.63) is 35.7 Å². The molecule has 4 fully saturated rings. The van der Waals surface area contributed by atoms with E-state index in [2.05, 4.69) is 20.5 Å². The van der Waals surface area contributed by atoms with E-state index in [9.17, 15) is 4.79 Å². The minimum absolute atomic E-state index is 0.139. The largest absolute Gasteiger partial charge is 0.350 e. The molecule has 2 unspecified atom stereocenters. The number of H-pyrrole nitrogens is 1. The first-order valence-corrected chi connectivity index (χ1v) is 10.4. The van der Waals surface area contributed by atoms with E-state index < -0.39 is 5.67 Å². The zero-order chi connectivity index (χ0) is 19.8. The summed E-state index contributed by atoms with van der Waals surface area (Å²) in [5.74, 6) is 1.32. The highest BCUT2D eigenvalue weighted by Gasteiger charge is 2.59. The molecule has 5 aliphatic rings. The molecule has 7 rings (SSSR count). The number of amides is 1. The van der Waals surface area contributed by atoms with Crippen LogP contribution in [0.25, 0.3) is 17.0 Å². The number of hydrogen-bond donors (Lipinski definition) is 2. The van der Waals surface area contributed by atoms with Gasteiger partial charge in [0.05, 0.1) is 11.7 Å². The molecule has 2 aromatic rings. The minimum atomic E-state index is -1.04. The lowest BCUT2D eigenvalue weighted by Crippen LogP contribution is -2.65. The SMILES string of the molecule is CN1C(=O)/C(=C/c2ccc3[nH]ncc3c2)N=C1NC12CC3CC(CC(F)(C3)C1)C2. The number of carbonyl (C=O) groups excluding carboxylic acids is 1. The molecule has 0 spiro atoms. The number of alkyl halides is 1. The Morgan fingerprint density at radius 2 is 2.07 bits per heavy atom. The van der Waals surface area contributed by atoms with Crippen LogP contribution >= 0.6 is 0 Å². The van der Waals surface area contributed by atoms with E-state index in [1.54, 1.807) is 24.2 Å². The highest BCUT2D eigenvalue weighted by Crippen LogP contribution is 2.59. The lowest BCUT2D eigenvalue weighted by atomic mass is 9.52. The molecule has 4 bridgehead atoms. The monoisotopic (exact) mass is 393 g/mol. The minimum Gasteiger partial charge on any atom is -0.350 e. The van der Waals surface area contributed by atoms with Gasteiger partial charge >= 0.3 is 0 Å². The van der Waals surface area contributed by atoms with Crippen LogP contribution in [0.15, 0.2) is 35.1 Å². The van der Waals surface area contributed by atoms with Crippen molar-refractivity contribution >= 4 is 28.8 Å². The highest BCUT2D eigenvalue weighted by atomic mass is 19.1. The maximum atomic E-state index is 15.3. The molecule has 150 valence electrons. The van der Waals surface area contributed by atoms with Crippen LogP contribution in [0.5, 0.6) is 0 Å². The standard InChI is InChI=1S/C22H24FN5O/c1-28-19(29)18(6-13-2-3-17-16(5-13)11-24-27-17)25-20(28)26-22-9-14-4-15(10-22)8-21(23,7-14)12-22/h2-3,5-6,11,14-15H,4,7-10,12H2,1H3,(H,24,27)(H,25,26)/b18-6-. The number of aromatic nitrogens is 2. The zero-order valence-electron chi connectivity index (χ0n) is 16.4. The number of aliphatic imine (C=N–C) groups is 1. The Kier molecular flexibility index (Phi) is 3.36. The second-order valence-electron chi connectivity index (χ2n) is 9.56. The molecule has 1 aromatic carbocycles. The van der Waals surface area contributed by atoms with Crippen molar-refractivity contribution in [1.82, 2.24) is 20.4 Å². The van der Waals surface area contributed by atoms with Gasteiger partial charge in [-0.2, -0.15) is 5.10 Å². The van der Waals surface area contributed by atoms with E-state index in [1.165, 1.54) is 0 Å². The molecule has 4 saturated carbocycles. The van der Waals surface area contributed by atoms with Gasteiger partial charge in [0.15, 0.2) is 0 Å². The third kappa shape index (κ3) is 2.70. The van der Waals surface area contributed by atoms with E-state index in [1.807, 2.05) is 18.2 Å². The molecule has 0 radical (unpaired) electrons. The number of carbonyl (C=O) groups is 1. The van der Waals surface area contributed by atoms with Gasteiger partial charge in [-0.25, -0.2) is 9.38 Å². The third-order valence-corrected chi connectivity index (χ3v) is 7.20. The molecular weight excluding hydrogens is 369 g/mol. The van der Waals surface area contributed by atoms with Crippen LogP contribution in [0.3, 0.4) is 0 Å². The number of nitrogens with one attached hydrogen (secondary N) is 2. The molecule has 6 nitrogen and oxygen atoms in total. The van der Waals surface area contributed by atoms with Crippen LogP contribution in [0.1, 0.15) is 44.1 Å². The fourth-order valence-corrected chi connectivity index (χ4v) is 6.45. The summed E-state index contributed by atoms with van der Waals surface area (Å²) >= 11 is 0. The Balaban J connectivity index is 1.30. The first-order valence-electron chi connectivity index (χ1n) is 10.4. The van der Waals surface area contributed by atoms with E-state index in [4.69, 9.17) is 0 Å². The Bertz CT molecular complexity index is 1070. The summed E-state index contributed by atoms with van der Waals surface area (Å²) in [6.07, 6.45) is 8.61. The van der Waals surface area contributed by atoms with Gasteiger partial charge < -0.3 is 5.32 Å². The molecule has 2 atom stereocenters. The fraction of sp³-hybridized carbons (Fsp3) is 0.500. The smallest absolute Gasteiger partial charge is 0.279 e. The van der Waals surface area contributed by atoms with E-state index in [-0.39, 0.29) is 11.4 Å². The number of benzene rings is 1. The zero-order valence-corrected chi connectivity index (χ0v) is 16.4. The Morgan fingerprint density at radius 1 is 1.28 bits per heavy atom. The van der Waals surface area contributed by atoms with Crippen molar-refractivity contribution in [3.63, 3.8) is 0 Å². The molecule has 7 heteroatoms. The molecule has 2 N–H and O–H groups in total. The number of nitrogens with zero attached hydrogens (tertiary/aromatic N) is 3. The molecule has 1 amide bonds. The average Bonchev–Trinajstić information content (AvgIpc) is 3.20. The normalized spacial score (nSPS) is 37.0. The molecule has 2 heterocycles. The third-order valence-electron chi connectivity index (χ3n) is 7.20. The Labute approximate surface area is 168 Å². The second-order valence-corrected chi connectivity index (χ2v) is 9.56. The van der Waals surface area contributed by atoms with Crippen molar-refractivity contribution < 1.29 is 9.18 Å². The predicted octanol–water partition coefficient (Wildman–Crippen LogP) is 3.38. The number of fused-ring (bicyclic) bond motifs is 1. The van der Waals surface area contributed by atoms with Gasteiger partial charge in [0.1, 0.15) is 11.4 Å². The van der Waals surface area contributed by atoms with Crippen LogP contribution in [-0.2, 0) is 4.79 Å². The van der Waals surface area contributed by atoms with Crippen molar-refractivity contribution in [2.75, 3.05) is 7.05 Å². The highest BCUT2D eigenvalue weighted by molar-refractivity contribution is 6.13. The van der Waals surface area contributed by atoms with Crippen LogP contribution < -0.4 is 5.32 Å². The van der Waals surface area contributed by atoms with Crippen molar-refractivity contribution in [2.24, 2.45) is 16.8 Å². The van der Waals surface area contributed by atoms with Gasteiger partial charge in [0.25, 0.3) is 5.91 Å². The van der Waals surface area contributed by atoms with Gasteiger partial charge in [0.2, 0.25) is 5.96 Å². The Morgan fingerprint density at radius 3 is 2.83 bits per heavy atom. The topological polar surface area (TPSA) is 73.4 Å². The molecule has 1 aromatic heterocycles. The van der Waals surface area contributed by atoms with E-state index in [0.29, 0.717) is 42.8 Å². The lowest BCUT2D eigenvalue weighted by Gasteiger charge is -2.59. The van der Waals surface area contributed by atoms with Crippen LogP contribution in [0, 0.1) is 11.8 Å². The van der Waals surface area contributed by atoms with Crippen molar-refractivity contribution in [2.45, 2.75) is 49.7 Å². The number of hydrogen-bond acceptors (Lipinski definition) is 4. The van der Waals surface area contributed by atoms with E-state index >= 15 is 4.39 Å². The Hall–Kier alpha value is -2.70. The van der Waals surface area contributed by atoms with Gasteiger partial charge in [-0.3, -0.25) is 14.8 Å². The van der Waals surface area contributed by atoms with Gasteiger partial charge in [-0.05, 0) is 67.7 Å². The van der Waals surface area contributed by atoms with Crippen LogP contribution in [0.4, 0.5) is 4.39 Å². The number of halogens is 1. The maximum Gasteiger partial charge on any atom is 0.279 e. The number of guanidine groups is 1. The summed E-state index contributed by atoms with van der Waals surface area (Å²) in [4.78, 5) is 19.0. The average molecular weight is 393 g/mol. The quantitative estimate of drug-likeness (QED) is 0.769. The van der Waals surface area contributed by atoms with Gasteiger partial charge in [-0.1, -0.05) is 6.07 Å². The van der Waals surface area contributed by atoms with Crippen LogP contribution in [0.2, 0.25) is 0 Å². The lowest BCUT2D eigenvalue weighted by molar-refractivity contribution is -0.122. The van der Waals surface area contributed by atoms with Crippen LogP contribution in [-0.4, -0.2) is 45.2 Å².